The minimum Gasteiger partial charge on any atom is -0.395 e. The van der Waals surface area contributed by atoms with Crippen molar-refractivity contribution in [3.63, 3.8) is 0 Å². The minimum absolute atomic E-state index is 0.0746. The molecule has 3 N–H and O–H groups in total. The van der Waals surface area contributed by atoms with Crippen LogP contribution < -0.4 is 5.73 Å². The Morgan fingerprint density at radius 2 is 2.15 bits per heavy atom. The van der Waals surface area contributed by atoms with E-state index < -0.39 is 0 Å². The molecule has 0 spiro atoms. The van der Waals surface area contributed by atoms with Crippen molar-refractivity contribution in [1.82, 2.24) is 0 Å². The lowest BCUT2D eigenvalue weighted by Gasteiger charge is -2.12. The van der Waals surface area contributed by atoms with Crippen molar-refractivity contribution < 1.29 is 5.11 Å². The van der Waals surface area contributed by atoms with E-state index in [0.717, 1.165) is 18.4 Å². The van der Waals surface area contributed by atoms with E-state index in [0.29, 0.717) is 6.54 Å². The number of nitrogens with two attached hydrogens (primary N) is 1. The fourth-order valence-electron chi connectivity index (χ4n) is 1.72. The van der Waals surface area contributed by atoms with E-state index in [1.54, 1.807) is 0 Å². The lowest BCUT2D eigenvalue weighted by atomic mass is 9.95. The quantitative estimate of drug-likeness (QED) is 0.728. The molecule has 0 radical (unpaired) electrons. The Morgan fingerprint density at radius 3 is 2.69 bits per heavy atom. The van der Waals surface area contributed by atoms with Crippen LogP contribution in [0.4, 0.5) is 0 Å². The Kier molecular flexibility index (Phi) is 2.10. The summed E-state index contributed by atoms with van der Waals surface area (Å²) in [7, 11) is 0. The summed E-state index contributed by atoms with van der Waals surface area (Å²) in [5, 5.41) is 9.24. The van der Waals surface area contributed by atoms with Crippen LogP contribution in [0.2, 0.25) is 0 Å². The van der Waals surface area contributed by atoms with Crippen molar-refractivity contribution in [2.24, 2.45) is 5.73 Å². The molecule has 1 aromatic rings. The highest BCUT2D eigenvalue weighted by molar-refractivity contribution is 5.34. The van der Waals surface area contributed by atoms with Crippen LogP contribution in [0.1, 0.15) is 24.0 Å². The zero-order chi connectivity index (χ0) is 9.31. The van der Waals surface area contributed by atoms with Crippen LogP contribution in [0.3, 0.4) is 0 Å². The minimum atomic E-state index is 0.0746. The maximum Gasteiger partial charge on any atom is 0.0527 e. The highest BCUT2D eigenvalue weighted by Gasteiger charge is 2.43. The highest BCUT2D eigenvalue weighted by atomic mass is 16.3. The molecule has 0 unspecified atom stereocenters. The Balaban J connectivity index is 2.30. The molecule has 70 valence electrons. The molecule has 0 heterocycles. The van der Waals surface area contributed by atoms with Gasteiger partial charge in [-0.3, -0.25) is 0 Å². The van der Waals surface area contributed by atoms with Crippen LogP contribution in [-0.4, -0.2) is 11.7 Å². The maximum absolute atomic E-state index is 9.24. The molecule has 1 saturated carbocycles. The fraction of sp³-hybridized carbons (Fsp3) is 0.455. The second-order valence-corrected chi connectivity index (χ2v) is 3.84. The van der Waals surface area contributed by atoms with Crippen LogP contribution in [0.25, 0.3) is 0 Å². The summed E-state index contributed by atoms with van der Waals surface area (Å²) in [4.78, 5) is 0. The third-order valence-electron chi connectivity index (χ3n) is 2.93. The summed E-state index contributed by atoms with van der Waals surface area (Å²) in [6.45, 7) is 0.844. The Bertz CT molecular complexity index is 305. The van der Waals surface area contributed by atoms with E-state index in [4.69, 9.17) is 5.73 Å². The molecular formula is C11H15NO. The molecule has 2 nitrogen and oxygen atoms in total. The second kappa shape index (κ2) is 3.13. The molecule has 0 bridgehead atoms. The molecule has 0 aromatic heterocycles. The number of hydrogen-bond donors (Lipinski definition) is 2. The van der Waals surface area contributed by atoms with Gasteiger partial charge in [-0.05, 0) is 24.0 Å². The zero-order valence-electron chi connectivity index (χ0n) is 7.66. The monoisotopic (exact) mass is 177 g/mol. The zero-order valence-corrected chi connectivity index (χ0v) is 7.66. The van der Waals surface area contributed by atoms with Crippen molar-refractivity contribution in [3.8, 4) is 0 Å². The predicted molar refractivity (Wildman–Crippen MR) is 52.3 cm³/mol. The van der Waals surface area contributed by atoms with E-state index in [1.807, 2.05) is 12.1 Å². The van der Waals surface area contributed by atoms with Gasteiger partial charge < -0.3 is 10.8 Å². The Hall–Kier alpha value is -0.860. The molecule has 13 heavy (non-hydrogen) atoms. The molecule has 2 rings (SSSR count). The first-order chi connectivity index (χ1) is 6.30. The Morgan fingerprint density at radius 1 is 1.38 bits per heavy atom. The van der Waals surface area contributed by atoms with Gasteiger partial charge in [-0.25, -0.2) is 0 Å². The van der Waals surface area contributed by atoms with Gasteiger partial charge in [0.1, 0.15) is 0 Å². The number of benzene rings is 1. The van der Waals surface area contributed by atoms with Crippen LogP contribution in [0.15, 0.2) is 24.3 Å². The molecular weight excluding hydrogens is 162 g/mol. The molecule has 0 atom stereocenters. The van der Waals surface area contributed by atoms with Crippen molar-refractivity contribution in [2.75, 3.05) is 6.61 Å². The van der Waals surface area contributed by atoms with Crippen molar-refractivity contribution in [3.05, 3.63) is 35.4 Å². The SMILES string of the molecule is NCc1cccc(C2(CO)CC2)c1. The number of hydrogen-bond acceptors (Lipinski definition) is 2. The van der Waals surface area contributed by atoms with E-state index in [1.165, 1.54) is 5.56 Å². The average Bonchev–Trinajstić information content (AvgIpc) is 2.99. The molecule has 2 heteroatoms. The van der Waals surface area contributed by atoms with Crippen molar-refractivity contribution >= 4 is 0 Å². The molecule has 1 fully saturated rings. The van der Waals surface area contributed by atoms with Gasteiger partial charge in [-0.15, -0.1) is 0 Å². The maximum atomic E-state index is 9.24. The van der Waals surface area contributed by atoms with Gasteiger partial charge in [-0.1, -0.05) is 24.3 Å². The normalized spacial score (nSPS) is 18.6. The van der Waals surface area contributed by atoms with Gasteiger partial charge in [0.2, 0.25) is 0 Å². The van der Waals surface area contributed by atoms with Crippen molar-refractivity contribution in [2.45, 2.75) is 24.8 Å². The van der Waals surface area contributed by atoms with Gasteiger partial charge >= 0.3 is 0 Å². The van der Waals surface area contributed by atoms with E-state index in [2.05, 4.69) is 12.1 Å². The standard InChI is InChI=1S/C11H15NO/c12-7-9-2-1-3-10(6-9)11(8-13)4-5-11/h1-3,6,13H,4-5,7-8,12H2. The van der Waals surface area contributed by atoms with Crippen LogP contribution >= 0.6 is 0 Å². The first kappa shape index (κ1) is 8.73. The van der Waals surface area contributed by atoms with Gasteiger partial charge in [0, 0.05) is 12.0 Å². The molecule has 1 aromatic carbocycles. The summed E-state index contributed by atoms with van der Waals surface area (Å²) in [5.41, 5.74) is 8.03. The topological polar surface area (TPSA) is 46.2 Å². The van der Waals surface area contributed by atoms with E-state index in [9.17, 15) is 5.11 Å². The summed E-state index contributed by atoms with van der Waals surface area (Å²) in [5.74, 6) is 0. The number of rotatable bonds is 3. The summed E-state index contributed by atoms with van der Waals surface area (Å²) >= 11 is 0. The molecule has 0 saturated heterocycles. The van der Waals surface area contributed by atoms with E-state index >= 15 is 0 Å². The first-order valence-corrected chi connectivity index (χ1v) is 4.71. The third kappa shape index (κ3) is 1.47. The summed E-state index contributed by atoms with van der Waals surface area (Å²) in [6, 6.07) is 8.25. The fourth-order valence-corrected chi connectivity index (χ4v) is 1.72. The summed E-state index contributed by atoms with van der Waals surface area (Å²) < 4.78 is 0. The second-order valence-electron chi connectivity index (χ2n) is 3.84. The summed E-state index contributed by atoms with van der Waals surface area (Å²) in [6.07, 6.45) is 2.22. The average molecular weight is 177 g/mol. The van der Waals surface area contributed by atoms with Gasteiger partial charge in [0.25, 0.3) is 0 Å². The van der Waals surface area contributed by atoms with Crippen LogP contribution in [0, 0.1) is 0 Å². The van der Waals surface area contributed by atoms with Crippen LogP contribution in [0.5, 0.6) is 0 Å². The molecule has 0 amide bonds. The lowest BCUT2D eigenvalue weighted by molar-refractivity contribution is 0.255. The number of aliphatic hydroxyl groups is 1. The Labute approximate surface area is 78.4 Å². The van der Waals surface area contributed by atoms with Gasteiger partial charge in [0.05, 0.1) is 6.61 Å². The van der Waals surface area contributed by atoms with Crippen molar-refractivity contribution in [1.29, 1.82) is 0 Å². The predicted octanol–water partition coefficient (Wildman–Crippen LogP) is 1.17. The van der Waals surface area contributed by atoms with Gasteiger partial charge in [0.15, 0.2) is 0 Å². The number of aliphatic hydroxyl groups excluding tert-OH is 1. The third-order valence-corrected chi connectivity index (χ3v) is 2.93. The van der Waals surface area contributed by atoms with Gasteiger partial charge in [-0.2, -0.15) is 0 Å². The highest BCUT2D eigenvalue weighted by Crippen LogP contribution is 2.47. The molecule has 1 aliphatic carbocycles. The smallest absolute Gasteiger partial charge is 0.0527 e. The van der Waals surface area contributed by atoms with Crippen LogP contribution in [-0.2, 0) is 12.0 Å². The molecule has 0 aliphatic heterocycles. The molecule has 1 aliphatic rings. The largest absolute Gasteiger partial charge is 0.395 e. The lowest BCUT2D eigenvalue weighted by Crippen LogP contribution is -2.12. The van der Waals surface area contributed by atoms with E-state index in [-0.39, 0.29) is 12.0 Å². The first-order valence-electron chi connectivity index (χ1n) is 4.71.